The maximum absolute atomic E-state index is 5.51. The molecule has 0 unspecified atom stereocenters. The molecule has 1 fully saturated rings. The number of nitrogens with one attached hydrogen (secondary N) is 2. The van der Waals surface area contributed by atoms with E-state index < -0.39 is 0 Å². The molecule has 1 aliphatic heterocycles. The Bertz CT molecular complexity index is 847. The maximum atomic E-state index is 5.51. The highest BCUT2D eigenvalue weighted by Gasteiger charge is 2.32. The van der Waals surface area contributed by atoms with Crippen LogP contribution in [0.3, 0.4) is 0 Å². The number of H-pyrrole nitrogens is 1. The number of aryl methyl sites for hydroxylation is 1. The van der Waals surface area contributed by atoms with Gasteiger partial charge in [-0.15, -0.1) is 0 Å². The number of aromatic nitrogens is 2. The summed E-state index contributed by atoms with van der Waals surface area (Å²) < 4.78 is 5.51. The molecule has 4 nitrogen and oxygen atoms in total. The summed E-state index contributed by atoms with van der Waals surface area (Å²) in [6, 6.07) is 7.01. The lowest BCUT2D eigenvalue weighted by Crippen LogP contribution is -2.41. The van der Waals surface area contributed by atoms with Gasteiger partial charge in [0.15, 0.2) is 0 Å². The fraction of sp³-hybridized carbons (Fsp3) is 0.640. The summed E-state index contributed by atoms with van der Waals surface area (Å²) >= 11 is 0. The van der Waals surface area contributed by atoms with Gasteiger partial charge in [-0.2, -0.15) is 0 Å². The molecule has 0 bridgehead atoms. The smallest absolute Gasteiger partial charge is 0.107 e. The van der Waals surface area contributed by atoms with Crippen molar-refractivity contribution in [2.45, 2.75) is 59.4 Å². The van der Waals surface area contributed by atoms with E-state index in [0.717, 1.165) is 61.8 Å². The normalized spacial score (nSPS) is 26.2. The van der Waals surface area contributed by atoms with Gasteiger partial charge in [0.05, 0.1) is 11.0 Å². The minimum atomic E-state index is 0.586. The zero-order valence-corrected chi connectivity index (χ0v) is 18.5. The average molecular weight is 396 g/mol. The predicted octanol–water partition coefficient (Wildman–Crippen LogP) is 5.04. The summed E-state index contributed by atoms with van der Waals surface area (Å²) in [6.07, 6.45) is 7.14. The van der Waals surface area contributed by atoms with Crippen molar-refractivity contribution in [3.05, 3.63) is 41.2 Å². The molecule has 3 atom stereocenters. The second-order valence-corrected chi connectivity index (χ2v) is 9.57. The van der Waals surface area contributed by atoms with Crippen molar-refractivity contribution in [1.82, 2.24) is 15.3 Å². The lowest BCUT2D eigenvalue weighted by atomic mass is 9.69. The summed E-state index contributed by atoms with van der Waals surface area (Å²) in [5.74, 6) is 3.77. The molecule has 4 rings (SSSR count). The van der Waals surface area contributed by atoms with Gasteiger partial charge in [-0.3, -0.25) is 0 Å². The molecule has 2 aliphatic rings. The number of rotatable bonds is 6. The molecule has 1 aromatic heterocycles. The topological polar surface area (TPSA) is 49.9 Å². The fourth-order valence-electron chi connectivity index (χ4n) is 5.27. The molecule has 0 amide bonds. The molecule has 2 N–H and O–H groups in total. The van der Waals surface area contributed by atoms with E-state index in [2.05, 4.69) is 62.3 Å². The van der Waals surface area contributed by atoms with Crippen LogP contribution in [0, 0.1) is 30.6 Å². The van der Waals surface area contributed by atoms with Crippen LogP contribution >= 0.6 is 0 Å². The Hall–Kier alpha value is -1.65. The molecule has 1 aromatic carbocycles. The Balaban J connectivity index is 1.46. The van der Waals surface area contributed by atoms with Crippen LogP contribution in [0.15, 0.2) is 29.8 Å². The van der Waals surface area contributed by atoms with Crippen LogP contribution in [0.25, 0.3) is 11.0 Å². The highest BCUT2D eigenvalue weighted by molar-refractivity contribution is 5.78. The van der Waals surface area contributed by atoms with E-state index in [1.54, 1.807) is 0 Å². The molecule has 0 spiro atoms. The van der Waals surface area contributed by atoms with Gasteiger partial charge >= 0.3 is 0 Å². The van der Waals surface area contributed by atoms with E-state index >= 15 is 0 Å². The Morgan fingerprint density at radius 2 is 2.00 bits per heavy atom. The highest BCUT2D eigenvalue weighted by Crippen LogP contribution is 2.38. The third kappa shape index (κ3) is 4.75. The van der Waals surface area contributed by atoms with E-state index in [9.17, 15) is 0 Å². The molecule has 1 saturated heterocycles. The summed E-state index contributed by atoms with van der Waals surface area (Å²) in [6.45, 7) is 12.2. The molecule has 29 heavy (non-hydrogen) atoms. The molecular formula is C25H37N3O. The minimum absolute atomic E-state index is 0.586. The van der Waals surface area contributed by atoms with Crippen molar-refractivity contribution in [3.8, 4) is 0 Å². The number of para-hydroxylation sites is 1. The molecule has 2 aromatic rings. The summed E-state index contributed by atoms with van der Waals surface area (Å²) in [5, 5.41) is 3.84. The maximum Gasteiger partial charge on any atom is 0.107 e. The Morgan fingerprint density at radius 3 is 2.72 bits per heavy atom. The fourth-order valence-corrected chi connectivity index (χ4v) is 5.27. The number of imidazole rings is 1. The highest BCUT2D eigenvalue weighted by atomic mass is 16.5. The van der Waals surface area contributed by atoms with Crippen LogP contribution in [0.5, 0.6) is 0 Å². The minimum Gasteiger partial charge on any atom is -0.381 e. The van der Waals surface area contributed by atoms with Gasteiger partial charge in [-0.25, -0.2) is 4.98 Å². The SMILES string of the molecule is CC1=C[C@@H](CNC2CCOCC2)[C@H](C(C)C)C[C@H]1Cc1nc2c(C)cccc2[nH]1. The third-order valence-electron chi connectivity index (χ3n) is 7.15. The number of hydrogen-bond donors (Lipinski definition) is 2. The zero-order valence-electron chi connectivity index (χ0n) is 18.5. The van der Waals surface area contributed by atoms with Crippen LogP contribution < -0.4 is 5.32 Å². The molecule has 0 saturated carbocycles. The van der Waals surface area contributed by atoms with Crippen LogP contribution in [-0.2, 0) is 11.2 Å². The molecule has 158 valence electrons. The van der Waals surface area contributed by atoms with E-state index in [4.69, 9.17) is 9.72 Å². The van der Waals surface area contributed by atoms with E-state index in [1.807, 2.05) is 0 Å². The lowest BCUT2D eigenvalue weighted by molar-refractivity contribution is 0.0757. The van der Waals surface area contributed by atoms with Crippen molar-refractivity contribution in [2.24, 2.45) is 23.7 Å². The van der Waals surface area contributed by atoms with Crippen LogP contribution in [0.1, 0.15) is 51.4 Å². The Labute approximate surface area is 175 Å². The number of nitrogens with zero attached hydrogens (tertiary/aromatic N) is 1. The average Bonchev–Trinajstić information content (AvgIpc) is 3.12. The van der Waals surface area contributed by atoms with Crippen LogP contribution in [0.2, 0.25) is 0 Å². The summed E-state index contributed by atoms with van der Waals surface area (Å²) in [4.78, 5) is 8.49. The molecule has 2 heterocycles. The van der Waals surface area contributed by atoms with Gasteiger partial charge in [0.2, 0.25) is 0 Å². The van der Waals surface area contributed by atoms with Gasteiger partial charge in [-0.05, 0) is 68.4 Å². The van der Waals surface area contributed by atoms with Crippen LogP contribution in [0.4, 0.5) is 0 Å². The quantitative estimate of drug-likeness (QED) is 0.674. The summed E-state index contributed by atoms with van der Waals surface area (Å²) in [7, 11) is 0. The molecular weight excluding hydrogens is 358 g/mol. The zero-order chi connectivity index (χ0) is 20.4. The van der Waals surface area contributed by atoms with Gasteiger partial charge in [-0.1, -0.05) is 37.6 Å². The van der Waals surface area contributed by atoms with Gasteiger partial charge in [0, 0.05) is 32.2 Å². The third-order valence-corrected chi connectivity index (χ3v) is 7.15. The van der Waals surface area contributed by atoms with Crippen LogP contribution in [-0.4, -0.2) is 35.8 Å². The Kier molecular flexibility index (Phi) is 6.41. The Morgan fingerprint density at radius 1 is 1.21 bits per heavy atom. The monoisotopic (exact) mass is 395 g/mol. The number of benzene rings is 1. The van der Waals surface area contributed by atoms with Crippen molar-refractivity contribution in [3.63, 3.8) is 0 Å². The van der Waals surface area contributed by atoms with Crippen molar-refractivity contribution in [2.75, 3.05) is 19.8 Å². The van der Waals surface area contributed by atoms with Gasteiger partial charge < -0.3 is 15.0 Å². The first-order valence-corrected chi connectivity index (χ1v) is 11.4. The molecule has 1 aliphatic carbocycles. The van der Waals surface area contributed by atoms with E-state index in [0.29, 0.717) is 23.8 Å². The van der Waals surface area contributed by atoms with Crippen molar-refractivity contribution >= 4 is 11.0 Å². The number of hydrogen-bond acceptors (Lipinski definition) is 3. The van der Waals surface area contributed by atoms with Crippen molar-refractivity contribution in [1.29, 1.82) is 0 Å². The first-order valence-electron chi connectivity index (χ1n) is 11.4. The first kappa shape index (κ1) is 20.6. The second kappa shape index (κ2) is 9.01. The number of ether oxygens (including phenoxy) is 1. The first-order chi connectivity index (χ1) is 14.0. The van der Waals surface area contributed by atoms with Gasteiger partial charge in [0.1, 0.15) is 5.82 Å². The second-order valence-electron chi connectivity index (χ2n) is 9.57. The van der Waals surface area contributed by atoms with Crippen molar-refractivity contribution < 1.29 is 4.74 Å². The van der Waals surface area contributed by atoms with E-state index in [1.165, 1.54) is 17.6 Å². The van der Waals surface area contributed by atoms with Gasteiger partial charge in [0.25, 0.3) is 0 Å². The largest absolute Gasteiger partial charge is 0.381 e. The standard InChI is InChI=1S/C25H37N3O/c1-16(2)22-13-19(14-24-27-23-7-5-6-17(3)25(23)28-24)18(4)12-20(22)15-26-21-8-10-29-11-9-21/h5-7,12,16,19-22,26H,8-11,13-15H2,1-4H3,(H,27,28)/t19-,20-,22-/m0/s1. The lowest BCUT2D eigenvalue weighted by Gasteiger charge is -2.38. The molecule has 0 radical (unpaired) electrons. The predicted molar refractivity (Wildman–Crippen MR) is 120 cm³/mol. The molecule has 4 heteroatoms. The number of aromatic amines is 1. The summed E-state index contributed by atoms with van der Waals surface area (Å²) in [5.41, 5.74) is 5.08. The number of allylic oxidation sites excluding steroid dienone is 1. The van der Waals surface area contributed by atoms with E-state index in [-0.39, 0.29) is 0 Å². The number of fused-ring (bicyclic) bond motifs is 1.